The number of nitrogens with one attached hydrogen (secondary N) is 4. The van der Waals surface area contributed by atoms with E-state index in [-0.39, 0.29) is 0 Å². The van der Waals surface area contributed by atoms with Gasteiger partial charge in [-0.25, -0.2) is 0 Å². The van der Waals surface area contributed by atoms with Gasteiger partial charge in [0.25, 0.3) is 0 Å². The summed E-state index contributed by atoms with van der Waals surface area (Å²) < 4.78 is 0. The molecule has 2 rings (SSSR count). The monoisotopic (exact) mass is 452 g/mol. The van der Waals surface area contributed by atoms with Crippen LogP contribution in [0, 0.1) is 0 Å². The van der Waals surface area contributed by atoms with Crippen molar-refractivity contribution in [1.29, 1.82) is 0 Å². The summed E-state index contributed by atoms with van der Waals surface area (Å²) in [6, 6.07) is 5.60. The minimum atomic E-state index is 0.657. The zero-order chi connectivity index (χ0) is 23.9. The van der Waals surface area contributed by atoms with Gasteiger partial charge in [0, 0.05) is 48.3 Å². The van der Waals surface area contributed by atoms with Crippen LogP contribution < -0.4 is 21.3 Å². The van der Waals surface area contributed by atoms with Crippen molar-refractivity contribution in [3.63, 3.8) is 0 Å². The summed E-state index contributed by atoms with van der Waals surface area (Å²) in [5.41, 5.74) is 0. The second-order valence-corrected chi connectivity index (χ2v) is 10.9. The molecule has 4 N–H and O–H groups in total. The molecule has 0 aromatic rings. The van der Waals surface area contributed by atoms with E-state index in [0.717, 1.165) is 12.1 Å². The molecule has 6 atom stereocenters. The van der Waals surface area contributed by atoms with Crippen molar-refractivity contribution in [2.75, 3.05) is 0 Å². The number of hydrogen-bond donors (Lipinski definition) is 4. The Morgan fingerprint density at radius 3 is 1.03 bits per heavy atom. The molecule has 0 saturated heterocycles. The van der Waals surface area contributed by atoms with Crippen molar-refractivity contribution < 1.29 is 0 Å². The average molecular weight is 453 g/mol. The van der Waals surface area contributed by atoms with Crippen molar-refractivity contribution in [1.82, 2.24) is 21.3 Å². The van der Waals surface area contributed by atoms with E-state index < -0.39 is 0 Å². The first kappa shape index (κ1) is 29.9. The predicted octanol–water partition coefficient (Wildman–Crippen LogP) is 6.15. The van der Waals surface area contributed by atoms with Gasteiger partial charge in [-0.1, -0.05) is 40.5 Å². The van der Waals surface area contributed by atoms with Crippen LogP contribution in [0.15, 0.2) is 0 Å². The van der Waals surface area contributed by atoms with Crippen molar-refractivity contribution in [3.8, 4) is 0 Å². The van der Waals surface area contributed by atoms with Crippen LogP contribution in [-0.2, 0) is 0 Å². The first-order valence-corrected chi connectivity index (χ1v) is 14.4. The van der Waals surface area contributed by atoms with Crippen LogP contribution in [0.1, 0.15) is 132 Å². The normalized spacial score (nSPS) is 30.0. The quantitative estimate of drug-likeness (QED) is 0.287. The van der Waals surface area contributed by atoms with Gasteiger partial charge in [-0.2, -0.15) is 0 Å². The molecule has 4 heteroatoms. The molecule has 0 amide bonds. The Morgan fingerprint density at radius 1 is 0.469 bits per heavy atom. The summed E-state index contributed by atoms with van der Waals surface area (Å²) in [5, 5.41) is 15.0. The molecule has 2 aliphatic carbocycles. The van der Waals surface area contributed by atoms with Gasteiger partial charge in [-0.15, -0.1) is 0 Å². The molecule has 0 radical (unpaired) electrons. The van der Waals surface area contributed by atoms with Crippen molar-refractivity contribution in [2.45, 2.75) is 181 Å². The molecule has 2 aliphatic rings. The standard InChI is InChI=1S/2C14H30N2/c1-5-11(3)15-13-7-9-14(10-8-13)16-12(4)6-2;1-5-11(3)15-13-9-7-8-10-14(13)16-12(4)6-2/h2*11-16H,5-10H2,1-4H3. The fraction of sp³-hybridized carbons (Fsp3) is 1.00. The first-order chi connectivity index (χ1) is 15.3. The summed E-state index contributed by atoms with van der Waals surface area (Å²) in [5.74, 6) is 0. The van der Waals surface area contributed by atoms with E-state index in [2.05, 4.69) is 76.7 Å². The lowest BCUT2D eigenvalue weighted by Gasteiger charge is -2.36. The van der Waals surface area contributed by atoms with Gasteiger partial charge >= 0.3 is 0 Å². The minimum Gasteiger partial charge on any atom is -0.312 e. The lowest BCUT2D eigenvalue weighted by molar-refractivity contribution is 0.249. The highest BCUT2D eigenvalue weighted by molar-refractivity contribution is 4.89. The maximum Gasteiger partial charge on any atom is 0.0223 e. The summed E-state index contributed by atoms with van der Waals surface area (Å²) in [4.78, 5) is 0. The van der Waals surface area contributed by atoms with Gasteiger partial charge in [-0.3, -0.25) is 0 Å². The lowest BCUT2D eigenvalue weighted by atomic mass is 9.89. The molecular formula is C28H60N4. The molecule has 2 fully saturated rings. The summed E-state index contributed by atoms with van der Waals surface area (Å²) in [6.45, 7) is 18.2. The molecular weight excluding hydrogens is 392 g/mol. The number of hydrogen-bond acceptors (Lipinski definition) is 4. The molecule has 0 aromatic carbocycles. The topological polar surface area (TPSA) is 48.1 Å². The molecule has 0 aliphatic heterocycles. The Bertz CT molecular complexity index is 395. The van der Waals surface area contributed by atoms with Crippen LogP contribution in [0.4, 0.5) is 0 Å². The third kappa shape index (κ3) is 12.3. The highest BCUT2D eigenvalue weighted by atomic mass is 15.1. The van der Waals surface area contributed by atoms with Gasteiger partial charge < -0.3 is 21.3 Å². The predicted molar refractivity (Wildman–Crippen MR) is 144 cm³/mol. The molecule has 2 saturated carbocycles. The van der Waals surface area contributed by atoms with E-state index in [4.69, 9.17) is 0 Å². The molecule has 0 bridgehead atoms. The van der Waals surface area contributed by atoms with Crippen LogP contribution in [0.5, 0.6) is 0 Å². The maximum atomic E-state index is 3.79. The van der Waals surface area contributed by atoms with Gasteiger partial charge in [-0.05, 0) is 91.9 Å². The molecule has 6 unspecified atom stereocenters. The van der Waals surface area contributed by atoms with Gasteiger partial charge in [0.2, 0.25) is 0 Å². The van der Waals surface area contributed by atoms with Crippen molar-refractivity contribution in [3.05, 3.63) is 0 Å². The van der Waals surface area contributed by atoms with Gasteiger partial charge in [0.1, 0.15) is 0 Å². The summed E-state index contributed by atoms with van der Waals surface area (Å²) in [7, 11) is 0. The second-order valence-electron chi connectivity index (χ2n) is 10.9. The van der Waals surface area contributed by atoms with E-state index in [1.807, 2.05) is 0 Å². The van der Waals surface area contributed by atoms with Crippen LogP contribution >= 0.6 is 0 Å². The van der Waals surface area contributed by atoms with Gasteiger partial charge in [0.05, 0.1) is 0 Å². The second kappa shape index (κ2) is 17.3. The van der Waals surface area contributed by atoms with E-state index in [9.17, 15) is 0 Å². The third-order valence-corrected chi connectivity index (χ3v) is 7.98. The number of rotatable bonds is 12. The average Bonchev–Trinajstić information content (AvgIpc) is 2.81. The van der Waals surface area contributed by atoms with Crippen LogP contribution in [0.3, 0.4) is 0 Å². The van der Waals surface area contributed by atoms with Crippen molar-refractivity contribution >= 4 is 0 Å². The Balaban J connectivity index is 0.000000320. The smallest absolute Gasteiger partial charge is 0.0223 e. The van der Waals surface area contributed by atoms with E-state index >= 15 is 0 Å². The van der Waals surface area contributed by atoms with Crippen molar-refractivity contribution in [2.24, 2.45) is 0 Å². The van der Waals surface area contributed by atoms with Crippen LogP contribution in [0.25, 0.3) is 0 Å². The Morgan fingerprint density at radius 2 is 0.750 bits per heavy atom. The molecule has 4 nitrogen and oxygen atoms in total. The highest BCUT2D eigenvalue weighted by Crippen LogP contribution is 2.21. The summed E-state index contributed by atoms with van der Waals surface area (Å²) >= 11 is 0. The Hall–Kier alpha value is -0.160. The lowest BCUT2D eigenvalue weighted by Crippen LogP contribution is -2.54. The van der Waals surface area contributed by atoms with Crippen LogP contribution in [0.2, 0.25) is 0 Å². The first-order valence-electron chi connectivity index (χ1n) is 14.4. The zero-order valence-electron chi connectivity index (χ0n) is 23.1. The molecule has 0 spiro atoms. The van der Waals surface area contributed by atoms with E-state index in [1.165, 1.54) is 77.0 Å². The maximum absolute atomic E-state index is 3.79. The van der Waals surface area contributed by atoms with Crippen LogP contribution in [-0.4, -0.2) is 48.3 Å². The summed E-state index contributed by atoms with van der Waals surface area (Å²) in [6.07, 6.45) is 15.8. The van der Waals surface area contributed by atoms with Gasteiger partial charge in [0.15, 0.2) is 0 Å². The molecule has 32 heavy (non-hydrogen) atoms. The zero-order valence-corrected chi connectivity index (χ0v) is 23.1. The molecule has 0 aromatic heterocycles. The highest BCUT2D eigenvalue weighted by Gasteiger charge is 2.26. The Kier molecular flexibility index (Phi) is 16.2. The molecule has 0 heterocycles. The fourth-order valence-electron chi connectivity index (χ4n) is 4.96. The molecule has 192 valence electrons. The fourth-order valence-corrected chi connectivity index (χ4v) is 4.96. The SMILES string of the molecule is CCC(C)NC1CCC(NC(C)CC)CC1.CCC(C)NC1CCCCC1NC(C)CC. The van der Waals surface area contributed by atoms with E-state index in [0.29, 0.717) is 36.3 Å². The third-order valence-electron chi connectivity index (χ3n) is 7.98. The van der Waals surface area contributed by atoms with E-state index in [1.54, 1.807) is 0 Å². The largest absolute Gasteiger partial charge is 0.312 e. The minimum absolute atomic E-state index is 0.657. The Labute approximate surface area is 202 Å².